The second-order valence-corrected chi connectivity index (χ2v) is 6.21. The molecule has 0 spiro atoms. The van der Waals surface area contributed by atoms with Crippen LogP contribution in [0.25, 0.3) is 0 Å². The number of nitrogens with one attached hydrogen (secondary N) is 1. The third-order valence-electron chi connectivity index (χ3n) is 4.86. The van der Waals surface area contributed by atoms with Crippen molar-refractivity contribution in [2.45, 2.75) is 19.9 Å². The summed E-state index contributed by atoms with van der Waals surface area (Å²) in [6.07, 6.45) is 0. The molecule has 3 rings (SSSR count). The summed E-state index contributed by atoms with van der Waals surface area (Å²) in [5, 5.41) is 2.82. The van der Waals surface area contributed by atoms with Gasteiger partial charge in [0.15, 0.2) is 0 Å². The third kappa shape index (κ3) is 3.34. The Morgan fingerprint density at radius 2 is 2.00 bits per heavy atom. The molecule has 0 aromatic heterocycles. The van der Waals surface area contributed by atoms with Gasteiger partial charge in [0.25, 0.3) is 0 Å². The Morgan fingerprint density at radius 3 is 2.67 bits per heavy atom. The number of benzene rings is 1. The zero-order chi connectivity index (χ0) is 19.6. The molecular weight excluding hydrogens is 350 g/mol. The van der Waals surface area contributed by atoms with Crippen LogP contribution in [-0.4, -0.2) is 61.1 Å². The number of rotatable bonds is 6. The number of urea groups is 1. The lowest BCUT2D eigenvalue weighted by Crippen LogP contribution is -2.51. The van der Waals surface area contributed by atoms with Gasteiger partial charge < -0.3 is 19.7 Å². The SMILES string of the molecule is CCN(CC)C(=O)CN1C(=O)N[C@@H](c2ccccc2OC)C2=C1COC2=O. The fourth-order valence-electron chi connectivity index (χ4n) is 3.43. The summed E-state index contributed by atoms with van der Waals surface area (Å²) in [6.45, 7) is 4.69. The first-order valence-corrected chi connectivity index (χ1v) is 8.90. The van der Waals surface area contributed by atoms with E-state index in [1.807, 2.05) is 19.9 Å². The van der Waals surface area contributed by atoms with Crippen LogP contribution in [0.15, 0.2) is 35.5 Å². The zero-order valence-electron chi connectivity index (χ0n) is 15.7. The van der Waals surface area contributed by atoms with E-state index >= 15 is 0 Å². The highest BCUT2D eigenvalue weighted by atomic mass is 16.5. The van der Waals surface area contributed by atoms with Gasteiger partial charge in [-0.2, -0.15) is 0 Å². The Hall–Kier alpha value is -3.03. The molecule has 2 heterocycles. The number of para-hydroxylation sites is 1. The first-order chi connectivity index (χ1) is 13.0. The van der Waals surface area contributed by atoms with E-state index in [0.717, 1.165) is 0 Å². The number of likely N-dealkylation sites (N-methyl/N-ethyl adjacent to an activating group) is 1. The number of ether oxygens (including phenoxy) is 2. The van der Waals surface area contributed by atoms with Crippen LogP contribution >= 0.6 is 0 Å². The standard InChI is InChI=1S/C19H23N3O5/c1-4-21(5-2)15(23)10-22-13-11-27-18(24)16(13)17(20-19(22)25)12-8-6-7-9-14(12)26-3/h6-9,17H,4-5,10-11H2,1-3H3,(H,20,25)/t17-/m0/s1. The maximum absolute atomic E-state index is 12.8. The molecule has 1 aromatic rings. The molecule has 1 aromatic carbocycles. The Bertz CT molecular complexity index is 800. The van der Waals surface area contributed by atoms with Crippen molar-refractivity contribution >= 4 is 17.9 Å². The number of carbonyl (C=O) groups is 3. The monoisotopic (exact) mass is 373 g/mol. The first-order valence-electron chi connectivity index (χ1n) is 8.90. The van der Waals surface area contributed by atoms with E-state index in [9.17, 15) is 14.4 Å². The average Bonchev–Trinajstić information content (AvgIpc) is 3.06. The fraction of sp³-hybridized carbons (Fsp3) is 0.421. The topological polar surface area (TPSA) is 88.2 Å². The lowest BCUT2D eigenvalue weighted by Gasteiger charge is -2.34. The molecule has 0 fully saturated rings. The maximum atomic E-state index is 12.8. The highest BCUT2D eigenvalue weighted by molar-refractivity contribution is 5.98. The van der Waals surface area contributed by atoms with Crippen molar-refractivity contribution in [1.29, 1.82) is 0 Å². The summed E-state index contributed by atoms with van der Waals surface area (Å²) in [5.41, 5.74) is 1.43. The number of nitrogens with zero attached hydrogens (tertiary/aromatic N) is 2. The van der Waals surface area contributed by atoms with Crippen LogP contribution in [-0.2, 0) is 14.3 Å². The minimum Gasteiger partial charge on any atom is -0.496 e. The fourth-order valence-corrected chi connectivity index (χ4v) is 3.43. The van der Waals surface area contributed by atoms with Crippen LogP contribution < -0.4 is 10.1 Å². The lowest BCUT2D eigenvalue weighted by atomic mass is 9.95. The summed E-state index contributed by atoms with van der Waals surface area (Å²) in [6, 6.07) is 6.04. The van der Waals surface area contributed by atoms with Gasteiger partial charge in [-0.25, -0.2) is 9.59 Å². The number of hydrogen-bond acceptors (Lipinski definition) is 5. The van der Waals surface area contributed by atoms with Gasteiger partial charge in [0, 0.05) is 18.7 Å². The second-order valence-electron chi connectivity index (χ2n) is 6.21. The van der Waals surface area contributed by atoms with Crippen LogP contribution in [0.5, 0.6) is 5.75 Å². The summed E-state index contributed by atoms with van der Waals surface area (Å²) in [7, 11) is 1.53. The molecule has 2 aliphatic rings. The highest BCUT2D eigenvalue weighted by Crippen LogP contribution is 2.38. The van der Waals surface area contributed by atoms with Crippen molar-refractivity contribution in [2.75, 3.05) is 33.4 Å². The molecule has 0 saturated heterocycles. The minimum absolute atomic E-state index is 0.0290. The molecule has 8 nitrogen and oxygen atoms in total. The predicted octanol–water partition coefficient (Wildman–Crippen LogP) is 1.44. The van der Waals surface area contributed by atoms with E-state index in [1.165, 1.54) is 12.0 Å². The Labute approximate surface area is 157 Å². The molecule has 1 N–H and O–H groups in total. The van der Waals surface area contributed by atoms with Gasteiger partial charge in [-0.05, 0) is 19.9 Å². The Balaban J connectivity index is 1.98. The molecular formula is C19H23N3O5. The van der Waals surface area contributed by atoms with Gasteiger partial charge in [-0.3, -0.25) is 9.69 Å². The number of carbonyl (C=O) groups excluding carboxylic acids is 3. The van der Waals surface area contributed by atoms with Gasteiger partial charge in [0.1, 0.15) is 18.9 Å². The van der Waals surface area contributed by atoms with Gasteiger partial charge in [0.2, 0.25) is 5.91 Å². The quantitative estimate of drug-likeness (QED) is 0.763. The van der Waals surface area contributed by atoms with Gasteiger partial charge in [-0.1, -0.05) is 18.2 Å². The molecule has 144 valence electrons. The van der Waals surface area contributed by atoms with Crippen LogP contribution in [0.1, 0.15) is 25.5 Å². The van der Waals surface area contributed by atoms with E-state index < -0.39 is 18.0 Å². The Morgan fingerprint density at radius 1 is 1.30 bits per heavy atom. The van der Waals surface area contributed by atoms with E-state index in [4.69, 9.17) is 9.47 Å². The molecule has 0 radical (unpaired) electrons. The van der Waals surface area contributed by atoms with Crippen LogP contribution in [0, 0.1) is 0 Å². The smallest absolute Gasteiger partial charge is 0.338 e. The highest BCUT2D eigenvalue weighted by Gasteiger charge is 2.43. The predicted molar refractivity (Wildman–Crippen MR) is 96.9 cm³/mol. The third-order valence-corrected chi connectivity index (χ3v) is 4.86. The molecule has 2 aliphatic heterocycles. The number of hydrogen-bond donors (Lipinski definition) is 1. The van der Waals surface area contributed by atoms with Crippen molar-refractivity contribution in [3.63, 3.8) is 0 Å². The average molecular weight is 373 g/mol. The first kappa shape index (κ1) is 18.8. The summed E-state index contributed by atoms with van der Waals surface area (Å²) in [4.78, 5) is 40.6. The molecule has 27 heavy (non-hydrogen) atoms. The largest absolute Gasteiger partial charge is 0.496 e. The number of methoxy groups -OCH3 is 1. The molecule has 1 atom stereocenters. The van der Waals surface area contributed by atoms with E-state index in [0.29, 0.717) is 35.7 Å². The van der Waals surface area contributed by atoms with Crippen molar-refractivity contribution in [3.05, 3.63) is 41.1 Å². The molecule has 3 amide bonds. The summed E-state index contributed by atoms with van der Waals surface area (Å²) in [5.74, 6) is -0.125. The molecule has 0 unspecified atom stereocenters. The van der Waals surface area contributed by atoms with Crippen molar-refractivity contribution < 1.29 is 23.9 Å². The Kier molecular flexibility index (Phi) is 5.34. The van der Waals surface area contributed by atoms with Gasteiger partial charge in [0.05, 0.1) is 24.4 Å². The number of cyclic esters (lactones) is 1. The van der Waals surface area contributed by atoms with E-state index in [-0.39, 0.29) is 19.1 Å². The minimum atomic E-state index is -0.682. The molecule has 0 saturated carbocycles. The van der Waals surface area contributed by atoms with Crippen molar-refractivity contribution in [2.24, 2.45) is 0 Å². The van der Waals surface area contributed by atoms with Crippen molar-refractivity contribution in [3.8, 4) is 5.75 Å². The zero-order valence-corrected chi connectivity index (χ0v) is 15.7. The van der Waals surface area contributed by atoms with E-state index in [2.05, 4.69) is 5.32 Å². The summed E-state index contributed by atoms with van der Waals surface area (Å²) >= 11 is 0. The van der Waals surface area contributed by atoms with Gasteiger partial charge >= 0.3 is 12.0 Å². The molecule has 0 bridgehead atoms. The van der Waals surface area contributed by atoms with E-state index in [1.54, 1.807) is 23.1 Å². The van der Waals surface area contributed by atoms with Crippen LogP contribution in [0.2, 0.25) is 0 Å². The second kappa shape index (κ2) is 7.69. The normalized spacial score (nSPS) is 18.8. The van der Waals surface area contributed by atoms with Crippen LogP contribution in [0.4, 0.5) is 4.79 Å². The lowest BCUT2D eigenvalue weighted by molar-refractivity contribution is -0.136. The van der Waals surface area contributed by atoms with Crippen LogP contribution in [0.3, 0.4) is 0 Å². The maximum Gasteiger partial charge on any atom is 0.338 e. The number of esters is 1. The molecule has 0 aliphatic carbocycles. The number of amides is 3. The van der Waals surface area contributed by atoms with Gasteiger partial charge in [-0.15, -0.1) is 0 Å². The summed E-state index contributed by atoms with van der Waals surface area (Å²) < 4.78 is 10.6. The molecule has 8 heteroatoms. The van der Waals surface area contributed by atoms with Crippen molar-refractivity contribution in [1.82, 2.24) is 15.1 Å².